The van der Waals surface area contributed by atoms with E-state index in [0.717, 1.165) is 111 Å². The Bertz CT molecular complexity index is 2580. The number of primary sulfonamides is 1. The molecule has 360 valence electrons. The first-order valence-electron chi connectivity index (χ1n) is 22.7. The van der Waals surface area contributed by atoms with Gasteiger partial charge in [-0.2, -0.15) is 18.6 Å². The van der Waals surface area contributed by atoms with Crippen molar-refractivity contribution in [1.82, 2.24) is 43.9 Å². The molecule has 0 fully saturated rings. The Labute approximate surface area is 391 Å². The number of urea groups is 1. The van der Waals surface area contributed by atoms with Gasteiger partial charge in [0, 0.05) is 44.0 Å². The fraction of sp³-hybridized carbons (Fsp3) is 0.565. The summed E-state index contributed by atoms with van der Waals surface area (Å²) < 4.78 is 59.4. The van der Waals surface area contributed by atoms with Crippen LogP contribution >= 0.6 is 0 Å². The summed E-state index contributed by atoms with van der Waals surface area (Å²) in [4.78, 5) is 20.8. The number of carbonyl (C=O) groups is 1. The Balaban J connectivity index is 0.000000182. The van der Waals surface area contributed by atoms with Gasteiger partial charge in [0.25, 0.3) is 26.3 Å². The van der Waals surface area contributed by atoms with Gasteiger partial charge in [-0.1, -0.05) is 12.1 Å². The molecule has 2 aromatic heterocycles. The second kappa shape index (κ2) is 21.8. The monoisotopic (exact) mass is 948 g/mol. The predicted octanol–water partition coefficient (Wildman–Crippen LogP) is 3.67. The van der Waals surface area contributed by atoms with Crippen molar-refractivity contribution in [2.75, 3.05) is 74.8 Å². The van der Waals surface area contributed by atoms with Crippen molar-refractivity contribution in [1.29, 1.82) is 5.26 Å². The number of anilines is 1. The number of aryl methyl sites for hydroxylation is 4. The van der Waals surface area contributed by atoms with E-state index in [1.807, 2.05) is 82.2 Å². The summed E-state index contributed by atoms with van der Waals surface area (Å²) in [7, 11) is 7.63. The Morgan fingerprint density at radius 1 is 0.652 bits per heavy atom. The average molecular weight is 949 g/mol. The van der Waals surface area contributed by atoms with Crippen LogP contribution in [0, 0.1) is 11.5 Å². The van der Waals surface area contributed by atoms with E-state index in [1.165, 1.54) is 52.3 Å². The van der Waals surface area contributed by atoms with E-state index in [9.17, 15) is 21.6 Å². The molecule has 20 heteroatoms. The van der Waals surface area contributed by atoms with Gasteiger partial charge in [-0.05, 0) is 178 Å². The van der Waals surface area contributed by atoms with Crippen molar-refractivity contribution in [2.24, 2.45) is 5.14 Å². The highest BCUT2D eigenvalue weighted by molar-refractivity contribution is 7.90. The lowest BCUT2D eigenvalue weighted by Gasteiger charge is -2.16. The molecule has 4 N–H and O–H groups in total. The molecule has 0 unspecified atom stereocenters. The van der Waals surface area contributed by atoms with Gasteiger partial charge in [-0.3, -0.25) is 9.36 Å². The van der Waals surface area contributed by atoms with Crippen molar-refractivity contribution in [3.05, 3.63) is 80.2 Å². The van der Waals surface area contributed by atoms with Crippen molar-refractivity contribution >= 4 is 31.8 Å². The number of sulfonamides is 2. The second-order valence-electron chi connectivity index (χ2n) is 18.7. The number of hydrogen-bond acceptors (Lipinski definition) is 13. The molecule has 8 rings (SSSR count). The molecule has 4 aliphatic rings. The third-order valence-electron chi connectivity index (χ3n) is 12.2. The van der Waals surface area contributed by atoms with Gasteiger partial charge in [0.1, 0.15) is 5.75 Å². The average Bonchev–Trinajstić information content (AvgIpc) is 4.08. The summed E-state index contributed by atoms with van der Waals surface area (Å²) in [6.45, 7) is 3.86. The fourth-order valence-corrected chi connectivity index (χ4v) is 10.6. The molecule has 66 heavy (non-hydrogen) atoms. The summed E-state index contributed by atoms with van der Waals surface area (Å²) in [5.74, 6) is 0.903. The van der Waals surface area contributed by atoms with Crippen molar-refractivity contribution in [2.45, 2.75) is 113 Å². The molecule has 4 aliphatic carbocycles. The minimum atomic E-state index is -4.11. The number of benzene rings is 2. The number of carbonyl (C=O) groups excluding carboxylic acids is 1. The number of aromatic nitrogens is 4. The lowest BCUT2D eigenvalue weighted by molar-refractivity contribution is 0.256. The summed E-state index contributed by atoms with van der Waals surface area (Å²) in [5.41, 5.74) is 12.7. The Hall–Kier alpha value is -4.88. The maximum Gasteiger partial charge on any atom is 0.333 e. The Kier molecular flexibility index (Phi) is 16.7. The van der Waals surface area contributed by atoms with Crippen LogP contribution in [0.3, 0.4) is 0 Å². The summed E-state index contributed by atoms with van der Waals surface area (Å²) >= 11 is 0. The first kappa shape index (κ1) is 50.5. The van der Waals surface area contributed by atoms with Crippen LogP contribution in [0.25, 0.3) is 0 Å². The molecule has 0 saturated heterocycles. The maximum atomic E-state index is 13.0. The van der Waals surface area contributed by atoms with E-state index in [0.29, 0.717) is 26.2 Å². The van der Waals surface area contributed by atoms with Crippen LogP contribution in [0.5, 0.6) is 5.75 Å². The molecule has 4 aromatic rings. The molecule has 2 aromatic carbocycles. The number of fused-ring (bicyclic) bond motifs is 4. The smallest absolute Gasteiger partial charge is 0.333 e. The van der Waals surface area contributed by atoms with Crippen molar-refractivity contribution in [3.63, 3.8) is 0 Å². The first-order chi connectivity index (χ1) is 31.2. The number of hydrogen-bond donors (Lipinski definition) is 3. The summed E-state index contributed by atoms with van der Waals surface area (Å²) in [5, 5.41) is 24.9. The van der Waals surface area contributed by atoms with Crippen LogP contribution in [0.4, 0.5) is 10.5 Å². The molecule has 0 bridgehead atoms. The lowest BCUT2D eigenvalue weighted by atomic mass is 9.99. The fourth-order valence-electron chi connectivity index (χ4n) is 9.22. The molecule has 2 heterocycles. The van der Waals surface area contributed by atoms with Crippen LogP contribution in [-0.4, -0.2) is 131 Å². The van der Waals surface area contributed by atoms with Gasteiger partial charge < -0.3 is 29.7 Å². The van der Waals surface area contributed by atoms with E-state index < -0.39 is 26.1 Å². The highest BCUT2D eigenvalue weighted by atomic mass is 32.2. The van der Waals surface area contributed by atoms with Crippen LogP contribution in [0.1, 0.15) is 81.6 Å². The number of ether oxygens (including phenoxy) is 1. The number of nitriles is 1. The first-order valence-corrected chi connectivity index (χ1v) is 25.7. The summed E-state index contributed by atoms with van der Waals surface area (Å²) in [6.07, 6.45) is 14.7. The van der Waals surface area contributed by atoms with Crippen LogP contribution in [0.15, 0.2) is 34.3 Å². The van der Waals surface area contributed by atoms with Gasteiger partial charge in [-0.15, -0.1) is 5.26 Å². The highest BCUT2D eigenvalue weighted by Crippen LogP contribution is 2.40. The molecule has 0 radical (unpaired) electrons. The predicted molar refractivity (Wildman–Crippen MR) is 254 cm³/mol. The minimum absolute atomic E-state index is 0.0712. The Morgan fingerprint density at radius 2 is 1.06 bits per heavy atom. The van der Waals surface area contributed by atoms with E-state index in [4.69, 9.17) is 15.1 Å². The SMILES string of the molecule is CN(C)CCn1nc(S(=O)(=O)NC(=O)Nc2c3c(cc4c2CCC4)CCC3)cc1CN(C)C.CN(C)CCn1nc(S(N)(=O)=O)cc1CN(C)C.N#COc1c2c(cc3c1CCC3)CCC2. The maximum absolute atomic E-state index is 13.0. The Morgan fingerprint density at radius 3 is 1.47 bits per heavy atom. The number of rotatable bonds is 15. The summed E-state index contributed by atoms with van der Waals surface area (Å²) in [6, 6.07) is 6.96. The number of nitrogens with two attached hydrogens (primary N) is 1. The topological polar surface area (TPSA) is 217 Å². The van der Waals surface area contributed by atoms with Gasteiger partial charge in [0.15, 0.2) is 10.1 Å². The van der Waals surface area contributed by atoms with Gasteiger partial charge in [-0.25, -0.2) is 23.1 Å². The second-order valence-corrected chi connectivity index (χ2v) is 21.8. The zero-order valence-electron chi connectivity index (χ0n) is 39.9. The molecule has 0 spiro atoms. The van der Waals surface area contributed by atoms with Gasteiger partial charge in [0.2, 0.25) is 0 Å². The highest BCUT2D eigenvalue weighted by Gasteiger charge is 2.29. The number of nitrogens with zero attached hydrogens (tertiary/aromatic N) is 9. The molecular weight excluding hydrogens is 881 g/mol. The van der Waals surface area contributed by atoms with Crippen LogP contribution in [0.2, 0.25) is 0 Å². The van der Waals surface area contributed by atoms with Crippen molar-refractivity contribution in [3.8, 4) is 12.0 Å². The molecule has 0 aliphatic heterocycles. The van der Waals surface area contributed by atoms with Crippen molar-refractivity contribution < 1.29 is 26.4 Å². The zero-order valence-corrected chi connectivity index (χ0v) is 41.5. The molecular formula is C46H68N12O6S2. The molecule has 0 atom stereocenters. The lowest BCUT2D eigenvalue weighted by Crippen LogP contribution is -2.35. The van der Waals surface area contributed by atoms with Crippen LogP contribution < -0.4 is 19.9 Å². The molecule has 0 saturated carbocycles. The zero-order chi connectivity index (χ0) is 47.9. The quantitative estimate of drug-likeness (QED) is 0.145. The van der Waals surface area contributed by atoms with E-state index in [-0.39, 0.29) is 10.1 Å². The third kappa shape index (κ3) is 12.8. The molecule has 18 nitrogen and oxygen atoms in total. The number of nitrogens with one attached hydrogen (secondary N) is 2. The van der Waals surface area contributed by atoms with E-state index in [2.05, 4.69) is 32.4 Å². The van der Waals surface area contributed by atoms with E-state index in [1.54, 1.807) is 15.4 Å². The molecule has 2 amide bonds. The third-order valence-corrected chi connectivity index (χ3v) is 14.2. The van der Waals surface area contributed by atoms with Crippen LogP contribution in [-0.2, 0) is 97.6 Å². The normalized spacial score (nSPS) is 14.9. The van der Waals surface area contributed by atoms with E-state index >= 15 is 0 Å². The number of likely N-dealkylation sites (N-methyl/N-ethyl adjacent to an activating group) is 2. The van der Waals surface area contributed by atoms with Gasteiger partial charge >= 0.3 is 6.03 Å². The number of amides is 2. The minimum Gasteiger partial charge on any atom is -0.387 e. The standard InChI is InChI=1S/C23H34N6O3S.C13H13NO.C10H21N5O2S/c1-27(2)11-12-29-18(15-28(3)4)14-21(25-29)33(31,32)26-23(30)24-22-19-9-5-7-16(19)13-17-8-6-10-20(17)22;14-8-15-13-11-5-1-3-9(11)7-10-4-2-6-12(10)13;1-13(2)5-6-15-9(8-14(3)4)7-10(12-15)18(11,16)17/h13-14H,5-12,15H2,1-4H3,(H2,24,26,30);7H,1-6H2;7H,5-6,8H2,1-4H3,(H2,11,16,17). The largest absolute Gasteiger partial charge is 0.387 e. The van der Waals surface area contributed by atoms with Gasteiger partial charge in [0.05, 0.1) is 24.5 Å².